The molecule has 1 heterocycles. The molecule has 0 saturated heterocycles. The fourth-order valence-electron chi connectivity index (χ4n) is 0.380. The highest BCUT2D eigenvalue weighted by Gasteiger charge is 1.98. The molecule has 0 aliphatic heterocycles. The summed E-state index contributed by atoms with van der Waals surface area (Å²) >= 11 is 4.44. The van der Waals surface area contributed by atoms with E-state index in [1.807, 2.05) is 6.92 Å². The summed E-state index contributed by atoms with van der Waals surface area (Å²) in [5.74, 6) is 0. The third-order valence-corrected chi connectivity index (χ3v) is 1.76. The number of rotatable bonds is 2. The monoisotopic (exact) mass is 208 g/mol. The minimum absolute atomic E-state index is 0.453. The number of hydrogen-bond donors (Lipinski definition) is 0. The summed E-state index contributed by atoms with van der Waals surface area (Å²) in [6.45, 7) is 2.51. The average molecular weight is 209 g/mol. The first kappa shape index (κ1) is 6.95. The minimum Gasteiger partial charge on any atom is -0.463 e. The molecule has 0 N–H and O–H groups in total. The van der Waals surface area contributed by atoms with Crippen molar-refractivity contribution in [3.63, 3.8) is 0 Å². The first-order valence-corrected chi connectivity index (χ1v) is 4.01. The summed E-state index contributed by atoms with van der Waals surface area (Å²) in [6, 6.07) is 0.453. The van der Waals surface area contributed by atoms with Crippen LogP contribution >= 0.6 is 27.5 Å². The highest BCUT2D eigenvalue weighted by atomic mass is 79.9. The first-order chi connectivity index (χ1) is 4.33. The van der Waals surface area contributed by atoms with Gasteiger partial charge in [0.15, 0.2) is 3.92 Å². The van der Waals surface area contributed by atoms with Crippen LogP contribution in [0.15, 0.2) is 3.92 Å². The Balaban J connectivity index is 2.61. The van der Waals surface area contributed by atoms with E-state index >= 15 is 0 Å². The maximum absolute atomic E-state index is 4.98. The molecule has 0 atom stereocenters. The zero-order chi connectivity index (χ0) is 6.69. The Morgan fingerprint density at radius 2 is 2.56 bits per heavy atom. The van der Waals surface area contributed by atoms with Crippen molar-refractivity contribution < 1.29 is 4.74 Å². The van der Waals surface area contributed by atoms with E-state index in [0.29, 0.717) is 12.6 Å². The van der Waals surface area contributed by atoms with Crippen LogP contribution in [-0.4, -0.2) is 16.0 Å². The lowest BCUT2D eigenvalue weighted by Gasteiger charge is -1.90. The van der Waals surface area contributed by atoms with Crippen molar-refractivity contribution in [2.24, 2.45) is 0 Å². The molecule has 5 heteroatoms. The highest BCUT2D eigenvalue weighted by molar-refractivity contribution is 9.11. The Kier molecular flexibility index (Phi) is 2.41. The van der Waals surface area contributed by atoms with Crippen molar-refractivity contribution in [3.05, 3.63) is 3.92 Å². The van der Waals surface area contributed by atoms with Gasteiger partial charge in [-0.3, -0.25) is 0 Å². The zero-order valence-corrected chi connectivity index (χ0v) is 7.20. The van der Waals surface area contributed by atoms with Gasteiger partial charge >= 0.3 is 6.01 Å². The van der Waals surface area contributed by atoms with Gasteiger partial charge in [0, 0.05) is 0 Å². The van der Waals surface area contributed by atoms with E-state index in [-0.39, 0.29) is 0 Å². The van der Waals surface area contributed by atoms with Gasteiger partial charge < -0.3 is 4.74 Å². The third-order valence-electron chi connectivity index (χ3n) is 0.656. The van der Waals surface area contributed by atoms with Crippen LogP contribution in [0.3, 0.4) is 0 Å². The fourth-order valence-corrected chi connectivity index (χ4v) is 1.12. The van der Waals surface area contributed by atoms with Gasteiger partial charge in [-0.2, -0.15) is 4.98 Å². The minimum atomic E-state index is 0.453. The molecule has 0 spiro atoms. The van der Waals surface area contributed by atoms with E-state index in [1.165, 1.54) is 11.5 Å². The molecule has 50 valence electrons. The van der Waals surface area contributed by atoms with Gasteiger partial charge in [0.05, 0.1) is 6.61 Å². The Labute approximate surface area is 65.4 Å². The predicted molar refractivity (Wildman–Crippen MR) is 38.8 cm³/mol. The Morgan fingerprint density at radius 1 is 1.78 bits per heavy atom. The molecule has 0 fully saturated rings. The van der Waals surface area contributed by atoms with Crippen LogP contribution in [0.2, 0.25) is 0 Å². The standard InChI is InChI=1S/C4H5BrN2OS/c1-2-8-4-6-3(5)9-7-4/h2H2,1H3. The van der Waals surface area contributed by atoms with E-state index in [2.05, 4.69) is 25.3 Å². The molecule has 0 aliphatic rings. The van der Waals surface area contributed by atoms with Crippen LogP contribution in [-0.2, 0) is 0 Å². The Hall–Kier alpha value is -0.160. The molecule has 0 radical (unpaired) electrons. The van der Waals surface area contributed by atoms with Crippen molar-refractivity contribution >= 4 is 27.5 Å². The average Bonchev–Trinajstić information content (AvgIpc) is 2.17. The maximum atomic E-state index is 4.98. The summed E-state index contributed by atoms with van der Waals surface area (Å²) in [7, 11) is 0. The van der Waals surface area contributed by atoms with E-state index < -0.39 is 0 Å². The van der Waals surface area contributed by atoms with Crippen LogP contribution in [0.25, 0.3) is 0 Å². The summed E-state index contributed by atoms with van der Waals surface area (Å²) in [6.07, 6.45) is 0. The topological polar surface area (TPSA) is 35.0 Å². The second-order valence-corrected chi connectivity index (χ2v) is 3.29. The van der Waals surface area contributed by atoms with E-state index in [9.17, 15) is 0 Å². The molecule has 1 rings (SSSR count). The normalized spacial score (nSPS) is 9.56. The molecule has 0 unspecified atom stereocenters. The SMILES string of the molecule is CCOc1nsc(Br)n1. The molecule has 9 heavy (non-hydrogen) atoms. The number of halogens is 1. The molecule has 0 saturated carbocycles. The van der Waals surface area contributed by atoms with Crippen LogP contribution in [0, 0.1) is 0 Å². The summed E-state index contributed by atoms with van der Waals surface area (Å²) in [4.78, 5) is 3.90. The Morgan fingerprint density at radius 3 is 3.00 bits per heavy atom. The van der Waals surface area contributed by atoms with Gasteiger partial charge in [0.2, 0.25) is 0 Å². The van der Waals surface area contributed by atoms with Crippen molar-refractivity contribution in [2.75, 3.05) is 6.61 Å². The second-order valence-electron chi connectivity index (χ2n) is 1.26. The molecule has 1 aromatic rings. The van der Waals surface area contributed by atoms with E-state index in [1.54, 1.807) is 0 Å². The van der Waals surface area contributed by atoms with Crippen molar-refractivity contribution in [3.8, 4) is 6.01 Å². The van der Waals surface area contributed by atoms with Gasteiger partial charge in [0.25, 0.3) is 0 Å². The van der Waals surface area contributed by atoms with Crippen LogP contribution in [0.5, 0.6) is 6.01 Å². The predicted octanol–water partition coefficient (Wildman–Crippen LogP) is 1.70. The highest BCUT2D eigenvalue weighted by Crippen LogP contribution is 2.15. The lowest BCUT2D eigenvalue weighted by atomic mass is 10.9. The molecule has 0 aliphatic carbocycles. The number of ether oxygens (including phenoxy) is 1. The summed E-state index contributed by atoms with van der Waals surface area (Å²) < 4.78 is 9.61. The van der Waals surface area contributed by atoms with Gasteiger partial charge in [-0.05, 0) is 34.4 Å². The zero-order valence-electron chi connectivity index (χ0n) is 4.80. The van der Waals surface area contributed by atoms with Crippen molar-refractivity contribution in [2.45, 2.75) is 6.92 Å². The number of aromatic nitrogens is 2. The van der Waals surface area contributed by atoms with Crippen LogP contribution in [0.4, 0.5) is 0 Å². The molecular formula is C4H5BrN2OS. The van der Waals surface area contributed by atoms with E-state index in [4.69, 9.17) is 4.74 Å². The van der Waals surface area contributed by atoms with Crippen molar-refractivity contribution in [1.29, 1.82) is 0 Å². The van der Waals surface area contributed by atoms with Crippen molar-refractivity contribution in [1.82, 2.24) is 9.36 Å². The quantitative estimate of drug-likeness (QED) is 0.743. The number of hydrogen-bond acceptors (Lipinski definition) is 4. The summed E-state index contributed by atoms with van der Waals surface area (Å²) in [5.41, 5.74) is 0. The second kappa shape index (κ2) is 3.12. The first-order valence-electron chi connectivity index (χ1n) is 2.45. The lowest BCUT2D eigenvalue weighted by molar-refractivity contribution is 0.317. The number of nitrogens with zero attached hydrogens (tertiary/aromatic N) is 2. The largest absolute Gasteiger partial charge is 0.463 e. The molecule has 0 aromatic carbocycles. The molecule has 1 aromatic heterocycles. The molecule has 0 amide bonds. The summed E-state index contributed by atoms with van der Waals surface area (Å²) in [5, 5.41) is 0. The smallest absolute Gasteiger partial charge is 0.329 e. The third kappa shape index (κ3) is 1.91. The van der Waals surface area contributed by atoms with Gasteiger partial charge in [-0.1, -0.05) is 0 Å². The Bertz CT molecular complexity index is 190. The van der Waals surface area contributed by atoms with Gasteiger partial charge in [0.1, 0.15) is 0 Å². The molecule has 3 nitrogen and oxygen atoms in total. The maximum Gasteiger partial charge on any atom is 0.329 e. The van der Waals surface area contributed by atoms with Gasteiger partial charge in [-0.15, -0.1) is 4.37 Å². The fraction of sp³-hybridized carbons (Fsp3) is 0.500. The van der Waals surface area contributed by atoms with Crippen LogP contribution in [0.1, 0.15) is 6.92 Å². The lowest BCUT2D eigenvalue weighted by Crippen LogP contribution is -1.91. The van der Waals surface area contributed by atoms with Crippen LogP contribution < -0.4 is 4.74 Å². The van der Waals surface area contributed by atoms with Gasteiger partial charge in [-0.25, -0.2) is 0 Å². The molecule has 0 bridgehead atoms. The van der Waals surface area contributed by atoms with E-state index in [0.717, 1.165) is 3.92 Å². The molecular weight excluding hydrogens is 204 g/mol.